The van der Waals surface area contributed by atoms with Gasteiger partial charge in [0.05, 0.1) is 19.5 Å². The molecule has 0 saturated carbocycles. The Morgan fingerprint density at radius 3 is 2.50 bits per heavy atom. The molecule has 1 rings (SSSR count). The fourth-order valence-corrected chi connectivity index (χ4v) is 4.91. The van der Waals surface area contributed by atoms with Gasteiger partial charge in [0.15, 0.2) is 0 Å². The Morgan fingerprint density at radius 1 is 1.40 bits per heavy atom. The summed E-state index contributed by atoms with van der Waals surface area (Å²) in [7, 11) is -6.78. The normalized spacial score (nSPS) is 27.9. The average Bonchev–Trinajstić information content (AvgIpc) is 2.35. The van der Waals surface area contributed by atoms with Crippen LogP contribution in [0.2, 0.25) is 0 Å². The molecule has 20 heavy (non-hydrogen) atoms. The van der Waals surface area contributed by atoms with E-state index in [1.807, 2.05) is 0 Å². The van der Waals surface area contributed by atoms with Crippen LogP contribution in [0.25, 0.3) is 0 Å². The van der Waals surface area contributed by atoms with Crippen molar-refractivity contribution in [3.8, 4) is 0 Å². The number of halogens is 2. The molecule has 0 aromatic heterocycles. The molecule has 0 radical (unpaired) electrons. The third kappa shape index (κ3) is 6.15. The molecule has 0 spiro atoms. The predicted molar refractivity (Wildman–Crippen MR) is 78.9 cm³/mol. The van der Waals surface area contributed by atoms with Gasteiger partial charge in [-0.2, -0.15) is 8.42 Å². The SMILES string of the molecule is CS(=O)(=O)OCC1CCOP(=O)(N(CCCl)CCCl)N1. The summed E-state index contributed by atoms with van der Waals surface area (Å²) < 4.78 is 46.3. The van der Waals surface area contributed by atoms with Gasteiger partial charge in [-0.15, -0.1) is 23.2 Å². The van der Waals surface area contributed by atoms with E-state index >= 15 is 0 Å². The Hall–Kier alpha value is 0.600. The number of hydrogen-bond donors (Lipinski definition) is 1. The zero-order valence-electron chi connectivity index (χ0n) is 11.1. The molecule has 1 heterocycles. The van der Waals surface area contributed by atoms with Crippen molar-refractivity contribution in [1.82, 2.24) is 9.76 Å². The number of nitrogens with one attached hydrogen (secondary N) is 1. The van der Waals surface area contributed by atoms with Crippen LogP contribution in [0.3, 0.4) is 0 Å². The van der Waals surface area contributed by atoms with Crippen molar-refractivity contribution < 1.29 is 21.7 Å². The molecule has 7 nitrogen and oxygen atoms in total. The van der Waals surface area contributed by atoms with Crippen LogP contribution in [0, 0.1) is 0 Å². The minimum absolute atomic E-state index is 0.0816. The molecule has 120 valence electrons. The van der Waals surface area contributed by atoms with Gasteiger partial charge in [-0.25, -0.2) is 9.76 Å². The van der Waals surface area contributed by atoms with Gasteiger partial charge in [-0.05, 0) is 6.42 Å². The van der Waals surface area contributed by atoms with Crippen molar-refractivity contribution in [3.05, 3.63) is 0 Å². The first-order chi connectivity index (χ1) is 9.30. The topological polar surface area (TPSA) is 84.9 Å². The number of rotatable bonds is 8. The summed E-state index contributed by atoms with van der Waals surface area (Å²) in [5, 5.41) is 2.82. The van der Waals surface area contributed by atoms with Gasteiger partial charge in [0.25, 0.3) is 10.1 Å². The lowest BCUT2D eigenvalue weighted by Crippen LogP contribution is -2.43. The zero-order chi connectivity index (χ0) is 15.2. The lowest BCUT2D eigenvalue weighted by Gasteiger charge is -2.36. The smallest absolute Gasteiger partial charge is 0.306 e. The van der Waals surface area contributed by atoms with Crippen molar-refractivity contribution in [2.75, 3.05) is 44.3 Å². The molecular weight excluding hydrogens is 350 g/mol. The maximum atomic E-state index is 12.7. The predicted octanol–water partition coefficient (Wildman–Crippen LogP) is 1.23. The Labute approximate surface area is 129 Å². The zero-order valence-corrected chi connectivity index (χ0v) is 14.3. The van der Waals surface area contributed by atoms with E-state index in [1.165, 1.54) is 0 Å². The van der Waals surface area contributed by atoms with Crippen LogP contribution in [0.5, 0.6) is 0 Å². The van der Waals surface area contributed by atoms with Crippen molar-refractivity contribution in [2.24, 2.45) is 0 Å². The minimum Gasteiger partial charge on any atom is -0.306 e. The van der Waals surface area contributed by atoms with E-state index in [0.717, 1.165) is 6.26 Å². The Kier molecular flexibility index (Phi) is 7.73. The maximum absolute atomic E-state index is 12.7. The van der Waals surface area contributed by atoms with Crippen LogP contribution in [0.1, 0.15) is 6.42 Å². The van der Waals surface area contributed by atoms with Gasteiger partial charge in [-0.3, -0.25) is 8.75 Å². The average molecular weight is 369 g/mol. The van der Waals surface area contributed by atoms with E-state index in [9.17, 15) is 13.0 Å². The van der Waals surface area contributed by atoms with Crippen molar-refractivity contribution >= 4 is 41.0 Å². The molecule has 1 saturated heterocycles. The first-order valence-corrected chi connectivity index (χ1v) is 10.5. The van der Waals surface area contributed by atoms with E-state index in [0.29, 0.717) is 19.5 Å². The second-order valence-electron chi connectivity index (χ2n) is 4.29. The highest BCUT2D eigenvalue weighted by Gasteiger charge is 2.37. The first-order valence-electron chi connectivity index (χ1n) is 6.05. The second kappa shape index (κ2) is 8.29. The summed E-state index contributed by atoms with van der Waals surface area (Å²) in [6.07, 6.45) is 1.48. The fraction of sp³-hybridized carbons (Fsp3) is 1.00. The van der Waals surface area contributed by atoms with Crippen LogP contribution >= 0.6 is 30.9 Å². The molecule has 0 bridgehead atoms. The summed E-state index contributed by atoms with van der Waals surface area (Å²) in [4.78, 5) is 0. The molecule has 1 aliphatic heterocycles. The summed E-state index contributed by atoms with van der Waals surface area (Å²) in [6, 6.07) is -0.363. The monoisotopic (exact) mass is 368 g/mol. The van der Waals surface area contributed by atoms with E-state index in [-0.39, 0.29) is 31.0 Å². The fourth-order valence-electron chi connectivity index (χ4n) is 1.71. The summed E-state index contributed by atoms with van der Waals surface area (Å²) >= 11 is 11.4. The molecule has 0 aromatic rings. The highest BCUT2D eigenvalue weighted by Crippen LogP contribution is 2.49. The lowest BCUT2D eigenvalue weighted by molar-refractivity contribution is 0.181. The molecule has 1 aliphatic rings. The van der Waals surface area contributed by atoms with Crippen LogP contribution in [0.4, 0.5) is 0 Å². The maximum Gasteiger partial charge on any atom is 0.343 e. The van der Waals surface area contributed by atoms with Crippen LogP contribution < -0.4 is 5.09 Å². The highest BCUT2D eigenvalue weighted by atomic mass is 35.5. The van der Waals surface area contributed by atoms with Crippen LogP contribution in [-0.4, -0.2) is 63.4 Å². The van der Waals surface area contributed by atoms with E-state index < -0.39 is 17.8 Å². The number of nitrogens with zero attached hydrogens (tertiary/aromatic N) is 1. The Balaban J connectivity index is 2.67. The van der Waals surface area contributed by atoms with Gasteiger partial charge in [-0.1, -0.05) is 0 Å². The molecule has 11 heteroatoms. The highest BCUT2D eigenvalue weighted by molar-refractivity contribution is 7.85. The van der Waals surface area contributed by atoms with E-state index in [4.69, 9.17) is 31.9 Å². The Bertz CT molecular complexity index is 444. The third-order valence-electron chi connectivity index (χ3n) is 2.62. The lowest BCUT2D eigenvalue weighted by atomic mass is 10.2. The van der Waals surface area contributed by atoms with Gasteiger partial charge >= 0.3 is 7.67 Å². The molecule has 0 amide bonds. The quantitative estimate of drug-likeness (QED) is 0.391. The van der Waals surface area contributed by atoms with Crippen molar-refractivity contribution in [1.29, 1.82) is 0 Å². The molecular formula is C9H19Cl2N2O5PS. The van der Waals surface area contributed by atoms with Gasteiger partial charge < -0.3 is 4.52 Å². The molecule has 0 aliphatic carbocycles. The number of alkyl halides is 2. The standard InChI is InChI=1S/C9H19Cl2N2O5PS/c1-20(15,16)18-8-9-2-7-17-19(14,12-9)13(5-3-10)6-4-11/h9H,2-8H2,1H3,(H,12,14). The summed E-state index contributed by atoms with van der Waals surface area (Å²) in [5.41, 5.74) is 0. The van der Waals surface area contributed by atoms with Gasteiger partial charge in [0, 0.05) is 30.9 Å². The van der Waals surface area contributed by atoms with E-state index in [2.05, 4.69) is 5.09 Å². The first kappa shape index (κ1) is 18.6. The van der Waals surface area contributed by atoms with Crippen molar-refractivity contribution in [2.45, 2.75) is 12.5 Å². The number of hydrogen-bond acceptors (Lipinski definition) is 5. The van der Waals surface area contributed by atoms with Crippen LogP contribution in [0.15, 0.2) is 0 Å². The van der Waals surface area contributed by atoms with Crippen LogP contribution in [-0.2, 0) is 23.4 Å². The summed E-state index contributed by atoms with van der Waals surface area (Å²) in [5.74, 6) is 0.576. The third-order valence-corrected chi connectivity index (χ3v) is 5.89. The second-order valence-corrected chi connectivity index (χ2v) is 8.81. The van der Waals surface area contributed by atoms with E-state index in [1.54, 1.807) is 4.67 Å². The largest absolute Gasteiger partial charge is 0.343 e. The van der Waals surface area contributed by atoms with Crippen molar-refractivity contribution in [3.63, 3.8) is 0 Å². The minimum atomic E-state index is -3.53. The molecule has 2 atom stereocenters. The Morgan fingerprint density at radius 2 is 2.00 bits per heavy atom. The molecule has 2 unspecified atom stereocenters. The van der Waals surface area contributed by atoms with Gasteiger partial charge in [0.1, 0.15) is 0 Å². The van der Waals surface area contributed by atoms with Gasteiger partial charge in [0.2, 0.25) is 0 Å². The molecule has 0 aromatic carbocycles. The molecule has 1 N–H and O–H groups in total. The summed E-state index contributed by atoms with van der Waals surface area (Å²) in [6.45, 7) is 0.890. The molecule has 1 fully saturated rings.